The second kappa shape index (κ2) is 9.39. The van der Waals surface area contributed by atoms with Crippen LogP contribution in [-0.2, 0) is 5.54 Å². The summed E-state index contributed by atoms with van der Waals surface area (Å²) in [5, 5.41) is 3.77. The normalized spacial score (nSPS) is 17.9. The van der Waals surface area contributed by atoms with Crippen molar-refractivity contribution in [2.75, 3.05) is 19.6 Å². The molecule has 0 amide bonds. The lowest BCUT2D eigenvalue weighted by Crippen LogP contribution is -2.59. The molecular weight excluding hydrogens is 352 g/mol. The number of rotatable bonds is 7. The minimum Gasteiger partial charge on any atom is -0.311 e. The highest BCUT2D eigenvalue weighted by Gasteiger charge is 2.43. The number of nitrogens with one attached hydrogen (secondary N) is 1. The van der Waals surface area contributed by atoms with Gasteiger partial charge in [-0.05, 0) is 23.1 Å². The van der Waals surface area contributed by atoms with Crippen LogP contribution in [0.3, 0.4) is 0 Å². The molecule has 1 heterocycles. The Morgan fingerprint density at radius 1 is 0.793 bits per heavy atom. The maximum absolute atomic E-state index is 3.77. The predicted molar refractivity (Wildman–Crippen MR) is 122 cm³/mol. The molecule has 4 rings (SSSR count). The lowest BCUT2D eigenvalue weighted by atomic mass is 9.75. The molecule has 2 nitrogen and oxygen atoms in total. The second-order valence-electron chi connectivity index (χ2n) is 8.05. The summed E-state index contributed by atoms with van der Waals surface area (Å²) in [6.45, 7) is 5.39. The summed E-state index contributed by atoms with van der Waals surface area (Å²) in [5.41, 5.74) is 3.74. The zero-order valence-corrected chi connectivity index (χ0v) is 17.4. The van der Waals surface area contributed by atoms with Crippen molar-refractivity contribution in [1.29, 1.82) is 0 Å². The summed E-state index contributed by atoms with van der Waals surface area (Å²) in [6, 6.07) is 33.7. The highest BCUT2D eigenvalue weighted by atomic mass is 15.3. The third-order valence-electron chi connectivity index (χ3n) is 6.21. The quantitative estimate of drug-likeness (QED) is 0.546. The van der Waals surface area contributed by atoms with E-state index in [-0.39, 0.29) is 5.54 Å². The van der Waals surface area contributed by atoms with Gasteiger partial charge in [-0.15, -0.1) is 0 Å². The molecule has 1 unspecified atom stereocenters. The summed E-state index contributed by atoms with van der Waals surface area (Å²) in [4.78, 5) is 2.71. The molecule has 2 heteroatoms. The molecule has 1 atom stereocenters. The lowest BCUT2D eigenvalue weighted by molar-refractivity contribution is 0.108. The number of benzene rings is 3. The van der Waals surface area contributed by atoms with Crippen LogP contribution in [0.4, 0.5) is 0 Å². The van der Waals surface area contributed by atoms with Crippen LogP contribution in [-0.4, -0.2) is 30.6 Å². The molecule has 0 aromatic heterocycles. The molecule has 1 N–H and O–H groups in total. The first-order valence-electron chi connectivity index (χ1n) is 11.0. The molecule has 0 spiro atoms. The van der Waals surface area contributed by atoms with Gasteiger partial charge in [0.2, 0.25) is 0 Å². The molecular formula is C27H32N2. The molecule has 0 bridgehead atoms. The van der Waals surface area contributed by atoms with Crippen molar-refractivity contribution >= 4 is 0 Å². The average Bonchev–Trinajstić information content (AvgIpc) is 2.81. The molecule has 150 valence electrons. The van der Waals surface area contributed by atoms with Crippen molar-refractivity contribution in [3.05, 3.63) is 108 Å². The van der Waals surface area contributed by atoms with E-state index in [4.69, 9.17) is 0 Å². The van der Waals surface area contributed by atoms with Gasteiger partial charge in [0, 0.05) is 25.7 Å². The Labute approximate surface area is 175 Å². The van der Waals surface area contributed by atoms with Crippen LogP contribution in [0.15, 0.2) is 91.0 Å². The van der Waals surface area contributed by atoms with Crippen molar-refractivity contribution in [1.82, 2.24) is 10.2 Å². The van der Waals surface area contributed by atoms with Crippen LogP contribution in [0, 0.1) is 0 Å². The summed E-state index contributed by atoms with van der Waals surface area (Å²) < 4.78 is 0. The van der Waals surface area contributed by atoms with Gasteiger partial charge in [-0.2, -0.15) is 0 Å². The van der Waals surface area contributed by atoms with Crippen LogP contribution in [0.5, 0.6) is 0 Å². The Hall–Kier alpha value is -2.42. The molecule has 29 heavy (non-hydrogen) atoms. The van der Waals surface area contributed by atoms with E-state index in [1.807, 2.05) is 0 Å². The van der Waals surface area contributed by atoms with Gasteiger partial charge in [0.15, 0.2) is 0 Å². The van der Waals surface area contributed by atoms with Gasteiger partial charge in [0.05, 0.1) is 5.54 Å². The van der Waals surface area contributed by atoms with Crippen LogP contribution in [0.1, 0.15) is 42.9 Å². The maximum Gasteiger partial charge on any atom is 0.0973 e. The highest BCUT2D eigenvalue weighted by Crippen LogP contribution is 2.42. The van der Waals surface area contributed by atoms with Crippen LogP contribution >= 0.6 is 0 Å². The fraction of sp³-hybridized carbons (Fsp3) is 0.333. The number of hydrogen-bond donors (Lipinski definition) is 1. The van der Waals surface area contributed by atoms with Crippen LogP contribution < -0.4 is 5.32 Å². The van der Waals surface area contributed by atoms with E-state index < -0.39 is 0 Å². The molecule has 3 aromatic carbocycles. The van der Waals surface area contributed by atoms with Gasteiger partial charge in [-0.25, -0.2) is 0 Å². The summed E-state index contributed by atoms with van der Waals surface area (Å²) in [6.07, 6.45) is 3.77. The molecule has 1 fully saturated rings. The van der Waals surface area contributed by atoms with E-state index >= 15 is 0 Å². The SMILES string of the molecule is CCCCC1CN(C(c2ccccc2)(c2ccccc2)c2ccccc2)CCN1. The topological polar surface area (TPSA) is 15.3 Å². The van der Waals surface area contributed by atoms with Crippen molar-refractivity contribution in [2.45, 2.75) is 37.8 Å². The molecule has 0 saturated carbocycles. The van der Waals surface area contributed by atoms with Gasteiger partial charge in [0.1, 0.15) is 0 Å². The van der Waals surface area contributed by atoms with E-state index in [9.17, 15) is 0 Å². The zero-order chi connectivity index (χ0) is 19.9. The van der Waals surface area contributed by atoms with Gasteiger partial charge in [-0.3, -0.25) is 4.90 Å². The zero-order valence-electron chi connectivity index (χ0n) is 17.4. The van der Waals surface area contributed by atoms with Crippen LogP contribution in [0.25, 0.3) is 0 Å². The first-order chi connectivity index (χ1) is 14.4. The average molecular weight is 385 g/mol. The largest absolute Gasteiger partial charge is 0.311 e. The highest BCUT2D eigenvalue weighted by molar-refractivity contribution is 5.49. The van der Waals surface area contributed by atoms with Crippen molar-refractivity contribution in [2.24, 2.45) is 0 Å². The lowest BCUT2D eigenvalue weighted by Gasteiger charge is -2.49. The monoisotopic (exact) mass is 384 g/mol. The van der Waals surface area contributed by atoms with Gasteiger partial charge in [0.25, 0.3) is 0 Å². The number of hydrogen-bond acceptors (Lipinski definition) is 2. The Morgan fingerprint density at radius 3 is 1.72 bits per heavy atom. The Bertz CT molecular complexity index is 764. The minimum absolute atomic E-state index is 0.281. The Kier molecular flexibility index (Phi) is 6.43. The van der Waals surface area contributed by atoms with E-state index in [0.29, 0.717) is 6.04 Å². The fourth-order valence-corrected chi connectivity index (χ4v) is 4.86. The smallest absolute Gasteiger partial charge is 0.0973 e. The minimum atomic E-state index is -0.281. The first kappa shape index (κ1) is 19.9. The molecule has 0 radical (unpaired) electrons. The summed E-state index contributed by atoms with van der Waals surface area (Å²) >= 11 is 0. The van der Waals surface area contributed by atoms with Gasteiger partial charge in [-0.1, -0.05) is 111 Å². The molecule has 0 aliphatic carbocycles. The van der Waals surface area contributed by atoms with E-state index in [1.165, 1.54) is 36.0 Å². The van der Waals surface area contributed by atoms with Crippen molar-refractivity contribution < 1.29 is 0 Å². The van der Waals surface area contributed by atoms with Crippen molar-refractivity contribution in [3.8, 4) is 0 Å². The van der Waals surface area contributed by atoms with E-state index in [1.54, 1.807) is 0 Å². The number of piperazine rings is 1. The van der Waals surface area contributed by atoms with Crippen LogP contribution in [0.2, 0.25) is 0 Å². The number of unbranched alkanes of at least 4 members (excludes halogenated alkanes) is 1. The standard InChI is InChI=1S/C27H32N2/c1-2-3-19-26-22-29(21-20-28-26)27(23-13-7-4-8-14-23,24-15-9-5-10-16-24)25-17-11-6-12-18-25/h4-18,26,28H,2-3,19-22H2,1H3. The Morgan fingerprint density at radius 2 is 1.28 bits per heavy atom. The van der Waals surface area contributed by atoms with Crippen molar-refractivity contribution in [3.63, 3.8) is 0 Å². The predicted octanol–water partition coefficient (Wildman–Crippen LogP) is 5.44. The third-order valence-corrected chi connectivity index (χ3v) is 6.21. The van der Waals surface area contributed by atoms with Gasteiger partial charge < -0.3 is 5.32 Å². The summed E-state index contributed by atoms with van der Waals surface area (Å²) in [5.74, 6) is 0. The van der Waals surface area contributed by atoms with Gasteiger partial charge >= 0.3 is 0 Å². The third kappa shape index (κ3) is 4.01. The van der Waals surface area contributed by atoms with E-state index in [2.05, 4.69) is 108 Å². The summed E-state index contributed by atoms with van der Waals surface area (Å²) in [7, 11) is 0. The molecule has 3 aromatic rings. The second-order valence-corrected chi connectivity index (χ2v) is 8.05. The first-order valence-corrected chi connectivity index (χ1v) is 11.0. The maximum atomic E-state index is 3.77. The fourth-order valence-electron chi connectivity index (χ4n) is 4.86. The number of nitrogens with zero attached hydrogens (tertiary/aromatic N) is 1. The molecule has 1 aliphatic rings. The van der Waals surface area contributed by atoms with E-state index in [0.717, 1.165) is 19.6 Å². The molecule has 1 aliphatic heterocycles. The molecule has 1 saturated heterocycles. The Balaban J connectivity index is 1.88.